The maximum atomic E-state index is 12.5. The van der Waals surface area contributed by atoms with E-state index in [0.29, 0.717) is 11.8 Å². The van der Waals surface area contributed by atoms with Crippen LogP contribution in [0, 0.1) is 23.7 Å². The molecule has 0 radical (unpaired) electrons. The lowest BCUT2D eigenvalue weighted by Gasteiger charge is -2.62. The zero-order chi connectivity index (χ0) is 15.2. The van der Waals surface area contributed by atoms with Crippen molar-refractivity contribution in [1.29, 1.82) is 0 Å². The number of carbonyl (C=O) groups excluding carboxylic acids is 2. The van der Waals surface area contributed by atoms with Crippen molar-refractivity contribution in [2.75, 3.05) is 13.6 Å². The predicted octanol–water partition coefficient (Wildman–Crippen LogP) is 1.96. The molecule has 0 heterocycles. The summed E-state index contributed by atoms with van der Waals surface area (Å²) in [4.78, 5) is 25.6. The van der Waals surface area contributed by atoms with Crippen LogP contribution in [-0.4, -0.2) is 35.8 Å². The van der Waals surface area contributed by atoms with Crippen molar-refractivity contribution in [3.8, 4) is 0 Å². The van der Waals surface area contributed by atoms with Crippen LogP contribution in [0.1, 0.15) is 39.0 Å². The van der Waals surface area contributed by atoms with Gasteiger partial charge in [0.1, 0.15) is 0 Å². The van der Waals surface area contributed by atoms with Crippen molar-refractivity contribution in [2.24, 2.45) is 23.7 Å². The maximum Gasteiger partial charge on any atom is 0.243 e. The molecule has 0 unspecified atom stereocenters. The zero-order valence-corrected chi connectivity index (χ0v) is 13.1. The molecule has 0 spiro atoms. The Morgan fingerprint density at radius 1 is 1.19 bits per heavy atom. The Labute approximate surface area is 127 Å². The van der Waals surface area contributed by atoms with Gasteiger partial charge in [0.15, 0.2) is 0 Å². The van der Waals surface area contributed by atoms with Gasteiger partial charge in [-0.25, -0.2) is 0 Å². The van der Waals surface area contributed by atoms with Gasteiger partial charge in [-0.05, 0) is 68.8 Å². The second-order valence-electron chi connectivity index (χ2n) is 7.40. The van der Waals surface area contributed by atoms with Crippen LogP contribution in [0.4, 0.5) is 0 Å². The van der Waals surface area contributed by atoms with E-state index in [0.717, 1.165) is 11.8 Å². The highest BCUT2D eigenvalue weighted by Gasteiger charge is 2.57. The van der Waals surface area contributed by atoms with E-state index in [-0.39, 0.29) is 23.9 Å². The third kappa shape index (κ3) is 2.29. The Kier molecular flexibility index (Phi) is 3.58. The van der Waals surface area contributed by atoms with Gasteiger partial charge in [0.25, 0.3) is 0 Å². The second-order valence-corrected chi connectivity index (χ2v) is 7.40. The van der Waals surface area contributed by atoms with Crippen LogP contribution < -0.4 is 5.32 Å². The third-order valence-corrected chi connectivity index (χ3v) is 6.49. The Hall–Kier alpha value is -1.32. The first-order valence-corrected chi connectivity index (χ1v) is 8.12. The molecule has 0 aromatic carbocycles. The Balaban J connectivity index is 1.71. The van der Waals surface area contributed by atoms with Crippen molar-refractivity contribution in [3.63, 3.8) is 0 Å². The highest BCUT2D eigenvalue weighted by atomic mass is 16.2. The number of rotatable bonds is 4. The first-order chi connectivity index (χ1) is 9.95. The van der Waals surface area contributed by atoms with E-state index >= 15 is 0 Å². The molecule has 4 aliphatic carbocycles. The number of amides is 2. The zero-order valence-electron chi connectivity index (χ0n) is 13.1. The molecule has 0 aromatic rings. The predicted molar refractivity (Wildman–Crippen MR) is 81.4 cm³/mol. The summed E-state index contributed by atoms with van der Waals surface area (Å²) in [5, 5.41) is 2.60. The maximum absolute atomic E-state index is 12.5. The normalized spacial score (nSPS) is 39.9. The number of hydrogen-bond acceptors (Lipinski definition) is 2. The van der Waals surface area contributed by atoms with Gasteiger partial charge in [-0.15, -0.1) is 0 Å². The number of carbonyl (C=O) groups is 2. The van der Waals surface area contributed by atoms with E-state index in [2.05, 4.69) is 18.8 Å². The molecule has 116 valence electrons. The second kappa shape index (κ2) is 5.15. The Morgan fingerprint density at radius 3 is 2.19 bits per heavy atom. The first kappa shape index (κ1) is 14.6. The number of nitrogens with one attached hydrogen (secondary N) is 1. The molecule has 0 aliphatic heterocycles. The molecule has 0 aromatic heterocycles. The van der Waals surface area contributed by atoms with Crippen molar-refractivity contribution in [3.05, 3.63) is 12.7 Å². The lowest BCUT2D eigenvalue weighted by Crippen LogP contribution is -2.65. The van der Waals surface area contributed by atoms with Gasteiger partial charge in [0.2, 0.25) is 11.8 Å². The largest absolute Gasteiger partial charge is 0.343 e. The van der Waals surface area contributed by atoms with E-state index in [1.54, 1.807) is 0 Å². The molecular formula is C17H26N2O2. The molecule has 2 amide bonds. The lowest BCUT2D eigenvalue weighted by molar-refractivity contribution is -0.156. The molecule has 4 rings (SSSR count). The minimum Gasteiger partial charge on any atom is -0.343 e. The molecule has 1 N–H and O–H groups in total. The van der Waals surface area contributed by atoms with Crippen LogP contribution in [0.2, 0.25) is 0 Å². The molecule has 4 fully saturated rings. The molecular weight excluding hydrogens is 264 g/mol. The lowest BCUT2D eigenvalue weighted by atomic mass is 9.48. The smallest absolute Gasteiger partial charge is 0.243 e. The number of likely N-dealkylation sites (N-methyl/N-ethyl adjacent to an activating group) is 1. The molecule has 0 atom stereocenters. The van der Waals surface area contributed by atoms with Gasteiger partial charge in [0.05, 0.1) is 6.54 Å². The van der Waals surface area contributed by atoms with Gasteiger partial charge in [0, 0.05) is 12.6 Å². The fraction of sp³-hybridized carbons (Fsp3) is 0.765. The fourth-order valence-electron chi connectivity index (χ4n) is 5.31. The minimum absolute atomic E-state index is 0.0140. The average Bonchev–Trinajstić information content (AvgIpc) is 2.48. The number of nitrogens with zero attached hydrogens (tertiary/aromatic N) is 1. The van der Waals surface area contributed by atoms with Crippen molar-refractivity contribution >= 4 is 11.8 Å². The first-order valence-electron chi connectivity index (χ1n) is 8.12. The molecule has 4 nitrogen and oxygen atoms in total. The van der Waals surface area contributed by atoms with Crippen LogP contribution >= 0.6 is 0 Å². The summed E-state index contributed by atoms with van der Waals surface area (Å²) in [5.41, 5.74) is -0.0244. The minimum atomic E-state index is -0.285. The summed E-state index contributed by atoms with van der Waals surface area (Å²) >= 11 is 0. The van der Waals surface area contributed by atoms with E-state index in [1.807, 2.05) is 11.9 Å². The van der Waals surface area contributed by atoms with E-state index in [9.17, 15) is 9.59 Å². The topological polar surface area (TPSA) is 49.4 Å². The van der Waals surface area contributed by atoms with Crippen LogP contribution in [0.15, 0.2) is 12.7 Å². The summed E-state index contributed by atoms with van der Waals surface area (Å²) in [6, 6.07) is 0. The van der Waals surface area contributed by atoms with Crippen molar-refractivity contribution < 1.29 is 9.59 Å². The van der Waals surface area contributed by atoms with Crippen LogP contribution in [0.25, 0.3) is 0 Å². The molecule has 4 saturated carbocycles. The molecule has 0 saturated heterocycles. The van der Waals surface area contributed by atoms with Gasteiger partial charge >= 0.3 is 0 Å². The van der Waals surface area contributed by atoms with Gasteiger partial charge in [-0.3, -0.25) is 9.59 Å². The standard InChI is InChI=1S/C17H26N2O2/c1-4-15(20)18-10-16(21)19(3)17(2)13-6-11-5-12(8-13)9-14(17)7-11/h4,11-14H,1,5-10H2,2-3H3,(H,18,20). The van der Waals surface area contributed by atoms with Gasteiger partial charge in [-0.1, -0.05) is 6.58 Å². The summed E-state index contributed by atoms with van der Waals surface area (Å²) in [7, 11) is 1.92. The molecule has 4 heteroatoms. The summed E-state index contributed by atoms with van der Waals surface area (Å²) in [6.07, 6.45) is 7.73. The van der Waals surface area contributed by atoms with Crippen molar-refractivity contribution in [1.82, 2.24) is 10.2 Å². The quantitative estimate of drug-likeness (QED) is 0.805. The Bertz CT molecular complexity index is 443. The van der Waals surface area contributed by atoms with Gasteiger partial charge < -0.3 is 10.2 Å². The highest BCUT2D eigenvalue weighted by Crippen LogP contribution is 2.59. The SMILES string of the molecule is C=CC(=O)NCC(=O)N(C)C1(C)C2CC3CC(C2)CC1C3. The van der Waals surface area contributed by atoms with E-state index in [4.69, 9.17) is 0 Å². The third-order valence-electron chi connectivity index (χ3n) is 6.49. The highest BCUT2D eigenvalue weighted by molar-refractivity contribution is 5.90. The molecule has 21 heavy (non-hydrogen) atoms. The van der Waals surface area contributed by atoms with E-state index < -0.39 is 0 Å². The summed E-state index contributed by atoms with van der Waals surface area (Å²) < 4.78 is 0. The fourth-order valence-corrected chi connectivity index (χ4v) is 5.31. The van der Waals surface area contributed by atoms with Crippen molar-refractivity contribution in [2.45, 2.75) is 44.6 Å². The summed E-state index contributed by atoms with van der Waals surface area (Å²) in [6.45, 7) is 5.75. The van der Waals surface area contributed by atoms with Gasteiger partial charge in [-0.2, -0.15) is 0 Å². The Morgan fingerprint density at radius 2 is 1.71 bits per heavy atom. The molecule has 4 aliphatic rings. The summed E-state index contributed by atoms with van der Waals surface area (Å²) in [5.74, 6) is 2.79. The van der Waals surface area contributed by atoms with Crippen LogP contribution in [0.3, 0.4) is 0 Å². The van der Waals surface area contributed by atoms with Crippen LogP contribution in [-0.2, 0) is 9.59 Å². The average molecular weight is 290 g/mol. The van der Waals surface area contributed by atoms with Crippen LogP contribution in [0.5, 0.6) is 0 Å². The van der Waals surface area contributed by atoms with E-state index in [1.165, 1.54) is 38.2 Å². The molecule has 4 bridgehead atoms. The number of hydrogen-bond donors (Lipinski definition) is 1. The monoisotopic (exact) mass is 290 g/mol.